The maximum atomic E-state index is 10.9. The number of carbonyl (C=O) groups is 1. The van der Waals surface area contributed by atoms with Gasteiger partial charge in [0, 0.05) is 16.8 Å². The van der Waals surface area contributed by atoms with Crippen molar-refractivity contribution in [3.05, 3.63) is 42.0 Å². The summed E-state index contributed by atoms with van der Waals surface area (Å²) in [6, 6.07) is 10.6. The molecule has 0 saturated heterocycles. The van der Waals surface area contributed by atoms with Gasteiger partial charge in [0.05, 0.1) is 0 Å². The number of hydrogen-bond donors (Lipinski definition) is 1. The maximum absolute atomic E-state index is 10.9. The van der Waals surface area contributed by atoms with Gasteiger partial charge < -0.3 is 0 Å². The minimum absolute atomic E-state index is 0. The molecule has 0 fully saturated rings. The van der Waals surface area contributed by atoms with Crippen LogP contribution in [0.2, 0.25) is 0 Å². The number of carboxylic acids is 1. The van der Waals surface area contributed by atoms with Crippen molar-refractivity contribution in [2.45, 2.75) is 0 Å². The van der Waals surface area contributed by atoms with Gasteiger partial charge in [-0.25, -0.2) is 0 Å². The van der Waals surface area contributed by atoms with Crippen molar-refractivity contribution in [3.8, 4) is 0 Å². The molecule has 1 N–H and O–H groups in total. The molecule has 0 unspecified atom stereocenters. The van der Waals surface area contributed by atoms with E-state index in [0.29, 0.717) is 5.56 Å². The van der Waals surface area contributed by atoms with Gasteiger partial charge in [-0.05, 0) is 0 Å². The summed E-state index contributed by atoms with van der Waals surface area (Å²) in [7, 11) is 0. The molecule has 2 rings (SSSR count). The Hall–Kier alpha value is -0.817. The number of fused-ring (bicyclic) bond motifs is 1. The number of hydrogen-bond acceptors (Lipinski definition) is 1. The summed E-state index contributed by atoms with van der Waals surface area (Å²) in [6.45, 7) is 0. The van der Waals surface area contributed by atoms with Crippen molar-refractivity contribution in [3.63, 3.8) is 0 Å². The summed E-state index contributed by atoms with van der Waals surface area (Å²) < 4.78 is 0.826. The second-order valence-electron chi connectivity index (χ2n) is 2.95. The summed E-state index contributed by atoms with van der Waals surface area (Å²) in [5, 5.41) is 10.6. The van der Waals surface area contributed by atoms with E-state index < -0.39 is 5.97 Å². The van der Waals surface area contributed by atoms with Gasteiger partial charge in [-0.15, -0.1) is 0 Å². The van der Waals surface area contributed by atoms with Crippen LogP contribution in [-0.4, -0.2) is 11.1 Å². The van der Waals surface area contributed by atoms with Crippen molar-refractivity contribution < 1.29 is 42.4 Å². The summed E-state index contributed by atoms with van der Waals surface area (Å²) in [6.07, 6.45) is 0. The fourth-order valence-corrected chi connectivity index (χ4v) is 1.68. The van der Waals surface area contributed by atoms with Crippen molar-refractivity contribution in [1.29, 1.82) is 0 Å². The van der Waals surface area contributed by atoms with Crippen LogP contribution in [0.4, 0.5) is 0 Å². The molecule has 2 nitrogen and oxygen atoms in total. The Morgan fingerprint density at radius 3 is 2.60 bits per heavy atom. The first-order valence-electron chi connectivity index (χ1n) is 4.08. The van der Waals surface area contributed by atoms with Gasteiger partial charge in [-0.1, -0.05) is 0 Å². The fraction of sp³-hybridized carbons (Fsp3) is 0. The number of carboxylic acid groups (broad SMARTS) is 1. The fourth-order valence-electron chi connectivity index (χ4n) is 1.43. The van der Waals surface area contributed by atoms with Gasteiger partial charge >= 0.3 is 88.8 Å². The minimum Gasteiger partial charge on any atom is 0 e. The molecule has 0 aliphatic rings. The molecule has 0 aliphatic heterocycles. The Balaban J connectivity index is 0.00000112. The van der Waals surface area contributed by atoms with E-state index in [0.717, 1.165) is 15.3 Å². The predicted octanol–water partition coefficient (Wildman–Crippen LogP) is 1.71. The molecule has 0 heterocycles. The zero-order valence-electron chi connectivity index (χ0n) is 7.49. The second kappa shape index (κ2) is 4.80. The summed E-state index contributed by atoms with van der Waals surface area (Å²) in [5.41, 5.74) is 0.329. The average molecular weight is 289 g/mol. The Bertz CT molecular complexity index is 509. The van der Waals surface area contributed by atoms with Gasteiger partial charge in [0.1, 0.15) is 0 Å². The number of benzene rings is 2. The van der Waals surface area contributed by atoms with Crippen LogP contribution < -0.4 is 4.50 Å². The molecule has 0 bridgehead atoms. The maximum Gasteiger partial charge on any atom is 0 e. The molecule has 81 valence electrons. The smallest absolute Gasteiger partial charge is 0 e. The van der Waals surface area contributed by atoms with Crippen LogP contribution in [0.3, 0.4) is 0 Å². The number of aromatic carboxylic acids is 1. The molecule has 0 aliphatic carbocycles. The Kier molecular flexibility index (Phi) is 3.92. The zero-order chi connectivity index (χ0) is 10.1. The molecule has 0 aromatic heterocycles. The first-order chi connectivity index (χ1) is 6.68. The predicted molar refractivity (Wildman–Crippen MR) is 50.5 cm³/mol. The van der Waals surface area contributed by atoms with Crippen LogP contribution in [0, 0.1) is 0 Å². The summed E-state index contributed by atoms with van der Waals surface area (Å²) in [4.78, 5) is 10.9. The average Bonchev–Trinajstić information content (AvgIpc) is 2.16. The van der Waals surface area contributed by atoms with Crippen LogP contribution in [-0.2, 0) is 32.5 Å². The van der Waals surface area contributed by atoms with Crippen LogP contribution in [0.25, 0.3) is 10.8 Å². The first-order valence-corrected chi connectivity index (χ1v) is 4.60. The normalized spacial score (nSPS) is 9.73. The van der Waals surface area contributed by atoms with Crippen molar-refractivity contribution in [2.24, 2.45) is 0 Å². The van der Waals surface area contributed by atoms with E-state index in [1.807, 2.05) is 12.1 Å². The van der Waals surface area contributed by atoms with E-state index in [4.69, 9.17) is 5.11 Å². The molecule has 0 spiro atoms. The molecule has 0 amide bonds. The molecule has 2 aromatic rings. The summed E-state index contributed by atoms with van der Waals surface area (Å²) >= 11 is 4.25. The van der Waals surface area contributed by atoms with Crippen LogP contribution in [0.1, 0.15) is 10.4 Å². The largest absolute Gasteiger partial charge is 0 e. The quantitative estimate of drug-likeness (QED) is 0.867. The Morgan fingerprint density at radius 2 is 1.93 bits per heavy atom. The molecular weight excluding hydrogens is 282 g/mol. The van der Waals surface area contributed by atoms with Crippen molar-refractivity contribution in [1.82, 2.24) is 0 Å². The van der Waals surface area contributed by atoms with Gasteiger partial charge in [0.25, 0.3) is 0 Å². The molecule has 1 radical (unpaired) electrons. The molecule has 15 heavy (non-hydrogen) atoms. The van der Waals surface area contributed by atoms with Crippen LogP contribution in [0.5, 0.6) is 0 Å². The molecule has 2 aromatic carbocycles. The third kappa shape index (κ3) is 2.40. The van der Waals surface area contributed by atoms with E-state index in [2.05, 4.69) is 15.7 Å². The van der Waals surface area contributed by atoms with Gasteiger partial charge in [-0.2, -0.15) is 0 Å². The third-order valence-electron chi connectivity index (χ3n) is 2.06. The van der Waals surface area contributed by atoms with Gasteiger partial charge in [-0.3, -0.25) is 0 Å². The molecule has 0 saturated carbocycles. The topological polar surface area (TPSA) is 37.3 Å². The van der Waals surface area contributed by atoms with E-state index in [9.17, 15) is 4.79 Å². The standard InChI is InChI=1S/C11H7O2.2Co/c12-11(13)10-7-3-5-8-4-1-2-6-9(8)10;;/h2-7H,(H,12,13);;. The second-order valence-corrected chi connectivity index (χ2v) is 3.55. The Labute approximate surface area is 105 Å². The first kappa shape index (κ1) is 12.3. The van der Waals surface area contributed by atoms with E-state index >= 15 is 0 Å². The van der Waals surface area contributed by atoms with Gasteiger partial charge in [0.2, 0.25) is 0 Å². The Morgan fingerprint density at radius 1 is 1.20 bits per heavy atom. The SMILES string of the molecule is O=C(O)c1cccc2c[c]([Co])ccc12.[Co]. The summed E-state index contributed by atoms with van der Waals surface area (Å²) in [5.74, 6) is -0.901. The molecule has 4 heteroatoms. The van der Waals surface area contributed by atoms with Gasteiger partial charge in [0.15, 0.2) is 0 Å². The molecule has 0 atom stereocenters. The van der Waals surface area contributed by atoms with E-state index in [-0.39, 0.29) is 16.8 Å². The van der Waals surface area contributed by atoms with E-state index in [1.54, 1.807) is 24.3 Å². The van der Waals surface area contributed by atoms with Crippen LogP contribution in [0.15, 0.2) is 36.4 Å². The van der Waals surface area contributed by atoms with E-state index in [1.165, 1.54) is 0 Å². The van der Waals surface area contributed by atoms with Crippen molar-refractivity contribution in [2.75, 3.05) is 0 Å². The number of rotatable bonds is 1. The molecular formula is C11H7Co2O2. The third-order valence-corrected chi connectivity index (χ3v) is 2.38. The van der Waals surface area contributed by atoms with Crippen LogP contribution >= 0.6 is 0 Å². The zero-order valence-corrected chi connectivity index (χ0v) is 9.57. The van der Waals surface area contributed by atoms with Crippen molar-refractivity contribution >= 4 is 21.2 Å². The monoisotopic (exact) mass is 289 g/mol. The minimum atomic E-state index is -0.901.